The second-order valence-corrected chi connectivity index (χ2v) is 7.06. The van der Waals surface area contributed by atoms with Crippen molar-refractivity contribution in [2.75, 3.05) is 32.6 Å². The zero-order chi connectivity index (χ0) is 18.3. The predicted molar refractivity (Wildman–Crippen MR) is 101 cm³/mol. The van der Waals surface area contributed by atoms with Crippen LogP contribution in [0.3, 0.4) is 0 Å². The Morgan fingerprint density at radius 1 is 1.12 bits per heavy atom. The standard InChI is InChI=1S/C17H21FN2O4S.ClH/c1-23-10-11-24-16-7-4-14(18)12-17(16)25(21,22)20-9-8-13-2-5-15(19)6-3-13;/h2-7,12,20H,8-11,19H2,1H3;1H. The van der Waals surface area contributed by atoms with Gasteiger partial charge in [0.25, 0.3) is 0 Å². The van der Waals surface area contributed by atoms with Crippen molar-refractivity contribution in [3.05, 3.63) is 53.8 Å². The van der Waals surface area contributed by atoms with Crippen LogP contribution in [0.15, 0.2) is 47.4 Å². The lowest BCUT2D eigenvalue weighted by atomic mass is 10.1. The van der Waals surface area contributed by atoms with E-state index in [2.05, 4.69) is 4.72 Å². The van der Waals surface area contributed by atoms with E-state index in [4.69, 9.17) is 15.2 Å². The summed E-state index contributed by atoms with van der Waals surface area (Å²) in [6.45, 7) is 0.623. The topological polar surface area (TPSA) is 90.6 Å². The summed E-state index contributed by atoms with van der Waals surface area (Å²) in [5.74, 6) is -0.573. The van der Waals surface area contributed by atoms with Crippen LogP contribution in [0.1, 0.15) is 5.56 Å². The average Bonchev–Trinajstić information content (AvgIpc) is 2.58. The van der Waals surface area contributed by atoms with Gasteiger partial charge in [-0.1, -0.05) is 12.1 Å². The minimum Gasteiger partial charge on any atom is -0.490 e. The Bertz CT molecular complexity index is 801. The van der Waals surface area contributed by atoms with E-state index in [1.165, 1.54) is 13.2 Å². The van der Waals surface area contributed by atoms with E-state index in [0.717, 1.165) is 17.7 Å². The molecule has 0 unspecified atom stereocenters. The molecule has 0 saturated carbocycles. The van der Waals surface area contributed by atoms with Crippen molar-refractivity contribution in [3.63, 3.8) is 0 Å². The molecule has 0 aliphatic rings. The third-order valence-corrected chi connectivity index (χ3v) is 4.91. The Hall–Kier alpha value is -1.87. The number of sulfonamides is 1. The molecule has 0 spiro atoms. The first-order valence-electron chi connectivity index (χ1n) is 7.68. The molecule has 0 saturated heterocycles. The minimum absolute atomic E-state index is 0. The van der Waals surface area contributed by atoms with E-state index < -0.39 is 15.8 Å². The average molecular weight is 405 g/mol. The lowest BCUT2D eigenvalue weighted by Crippen LogP contribution is -2.26. The van der Waals surface area contributed by atoms with Crippen LogP contribution in [0.4, 0.5) is 10.1 Å². The first-order chi connectivity index (χ1) is 11.9. The molecule has 3 N–H and O–H groups in total. The van der Waals surface area contributed by atoms with Gasteiger partial charge in [0.2, 0.25) is 10.0 Å². The highest BCUT2D eigenvalue weighted by Crippen LogP contribution is 2.24. The van der Waals surface area contributed by atoms with Gasteiger partial charge in [-0.2, -0.15) is 0 Å². The lowest BCUT2D eigenvalue weighted by Gasteiger charge is -2.13. The van der Waals surface area contributed by atoms with Crippen LogP contribution in [0, 0.1) is 5.82 Å². The van der Waals surface area contributed by atoms with Crippen molar-refractivity contribution in [2.45, 2.75) is 11.3 Å². The fourth-order valence-electron chi connectivity index (χ4n) is 2.14. The number of rotatable bonds is 9. The number of anilines is 1. The quantitative estimate of drug-likeness (QED) is 0.494. The molecular formula is C17H22ClFN2O4S. The molecule has 0 aromatic heterocycles. The normalized spacial score (nSPS) is 11.0. The molecule has 0 bridgehead atoms. The van der Waals surface area contributed by atoms with Gasteiger partial charge in [-0.3, -0.25) is 0 Å². The Morgan fingerprint density at radius 3 is 2.46 bits per heavy atom. The number of nitrogens with two attached hydrogens (primary N) is 1. The number of nitrogen functional groups attached to an aromatic ring is 1. The van der Waals surface area contributed by atoms with Gasteiger partial charge in [0.1, 0.15) is 23.1 Å². The summed E-state index contributed by atoms with van der Waals surface area (Å²) in [5.41, 5.74) is 7.19. The molecular weight excluding hydrogens is 383 g/mol. The summed E-state index contributed by atoms with van der Waals surface area (Å²) >= 11 is 0. The molecule has 26 heavy (non-hydrogen) atoms. The van der Waals surface area contributed by atoms with E-state index in [1.54, 1.807) is 12.1 Å². The molecule has 2 rings (SSSR count). The molecule has 6 nitrogen and oxygen atoms in total. The maximum Gasteiger partial charge on any atom is 0.244 e. The third-order valence-electron chi connectivity index (χ3n) is 3.43. The fraction of sp³-hybridized carbons (Fsp3) is 0.294. The molecule has 144 valence electrons. The maximum absolute atomic E-state index is 13.5. The first-order valence-corrected chi connectivity index (χ1v) is 9.16. The molecule has 0 aliphatic carbocycles. The van der Waals surface area contributed by atoms with Gasteiger partial charge in [0, 0.05) is 19.3 Å². The van der Waals surface area contributed by atoms with Crippen LogP contribution in [0.25, 0.3) is 0 Å². The van der Waals surface area contributed by atoms with Crippen molar-refractivity contribution < 1.29 is 22.3 Å². The number of hydrogen-bond donors (Lipinski definition) is 2. The summed E-state index contributed by atoms with van der Waals surface area (Å²) in [6, 6.07) is 10.5. The number of benzene rings is 2. The van der Waals surface area contributed by atoms with Crippen LogP contribution in [0.2, 0.25) is 0 Å². The Labute approximate surface area is 159 Å². The smallest absolute Gasteiger partial charge is 0.244 e. The summed E-state index contributed by atoms with van der Waals surface area (Å²) in [4.78, 5) is -0.235. The van der Waals surface area contributed by atoms with E-state index in [-0.39, 0.29) is 36.2 Å². The van der Waals surface area contributed by atoms with Gasteiger partial charge in [-0.15, -0.1) is 12.4 Å². The monoisotopic (exact) mass is 404 g/mol. The Kier molecular flexibility index (Phi) is 8.80. The SMILES string of the molecule is COCCOc1ccc(F)cc1S(=O)(=O)NCCc1ccc(N)cc1.Cl. The highest BCUT2D eigenvalue weighted by atomic mass is 35.5. The lowest BCUT2D eigenvalue weighted by molar-refractivity contribution is 0.144. The van der Waals surface area contributed by atoms with Crippen LogP contribution in [0.5, 0.6) is 5.75 Å². The van der Waals surface area contributed by atoms with Crippen molar-refractivity contribution in [1.82, 2.24) is 4.72 Å². The summed E-state index contributed by atoms with van der Waals surface area (Å²) < 4.78 is 51.1. The highest BCUT2D eigenvalue weighted by molar-refractivity contribution is 7.89. The number of halogens is 2. The molecule has 0 amide bonds. The number of ether oxygens (including phenoxy) is 2. The summed E-state index contributed by atoms with van der Waals surface area (Å²) in [6.07, 6.45) is 0.481. The van der Waals surface area contributed by atoms with Crippen molar-refractivity contribution in [1.29, 1.82) is 0 Å². The Balaban J connectivity index is 0.00000338. The van der Waals surface area contributed by atoms with Gasteiger partial charge >= 0.3 is 0 Å². The van der Waals surface area contributed by atoms with E-state index in [9.17, 15) is 12.8 Å². The maximum atomic E-state index is 13.5. The molecule has 0 heterocycles. The van der Waals surface area contributed by atoms with Crippen LogP contribution < -0.4 is 15.2 Å². The molecule has 0 atom stereocenters. The van der Waals surface area contributed by atoms with Crippen LogP contribution in [-0.2, 0) is 21.2 Å². The van der Waals surface area contributed by atoms with Gasteiger partial charge in [0.05, 0.1) is 6.61 Å². The van der Waals surface area contributed by atoms with Gasteiger partial charge in [-0.25, -0.2) is 17.5 Å². The molecule has 0 aliphatic heterocycles. The second kappa shape index (κ2) is 10.3. The number of nitrogens with one attached hydrogen (secondary N) is 1. The van der Waals surface area contributed by atoms with Crippen LogP contribution >= 0.6 is 12.4 Å². The summed E-state index contributed by atoms with van der Waals surface area (Å²) in [5, 5.41) is 0. The molecule has 0 fully saturated rings. The minimum atomic E-state index is -3.91. The highest BCUT2D eigenvalue weighted by Gasteiger charge is 2.20. The van der Waals surface area contributed by atoms with Gasteiger partial charge < -0.3 is 15.2 Å². The van der Waals surface area contributed by atoms with Crippen molar-refractivity contribution in [3.8, 4) is 5.75 Å². The Morgan fingerprint density at radius 2 is 1.81 bits per heavy atom. The molecule has 0 radical (unpaired) electrons. The van der Waals surface area contributed by atoms with Gasteiger partial charge in [-0.05, 0) is 42.3 Å². The molecule has 9 heteroatoms. The zero-order valence-electron chi connectivity index (χ0n) is 14.3. The number of hydrogen-bond acceptors (Lipinski definition) is 5. The van der Waals surface area contributed by atoms with E-state index in [0.29, 0.717) is 18.7 Å². The molecule has 2 aromatic rings. The summed E-state index contributed by atoms with van der Waals surface area (Å²) in [7, 11) is -2.40. The fourth-order valence-corrected chi connectivity index (χ4v) is 3.32. The van der Waals surface area contributed by atoms with E-state index in [1.807, 2.05) is 12.1 Å². The van der Waals surface area contributed by atoms with E-state index >= 15 is 0 Å². The third kappa shape index (κ3) is 6.45. The second-order valence-electron chi connectivity index (χ2n) is 5.32. The first kappa shape index (κ1) is 22.2. The van der Waals surface area contributed by atoms with Crippen molar-refractivity contribution in [2.24, 2.45) is 0 Å². The number of methoxy groups -OCH3 is 1. The van der Waals surface area contributed by atoms with Gasteiger partial charge in [0.15, 0.2) is 0 Å². The predicted octanol–water partition coefficient (Wildman–Crippen LogP) is 2.38. The molecule has 2 aromatic carbocycles. The largest absolute Gasteiger partial charge is 0.490 e. The zero-order valence-corrected chi connectivity index (χ0v) is 15.9. The van der Waals surface area contributed by atoms with Crippen molar-refractivity contribution >= 4 is 28.1 Å². The van der Waals surface area contributed by atoms with Crippen LogP contribution in [-0.4, -0.2) is 35.3 Å².